The Kier molecular flexibility index (Phi) is 5.72. The third kappa shape index (κ3) is 3.94. The highest BCUT2D eigenvalue weighted by Gasteiger charge is 2.34. The first-order chi connectivity index (χ1) is 16.0. The molecule has 0 saturated carbocycles. The van der Waals surface area contributed by atoms with Crippen LogP contribution in [0.15, 0.2) is 53.0 Å². The predicted molar refractivity (Wildman–Crippen MR) is 122 cm³/mol. The Morgan fingerprint density at radius 3 is 2.79 bits per heavy atom. The molecule has 5 rings (SSSR count). The van der Waals surface area contributed by atoms with Crippen LogP contribution in [0.3, 0.4) is 0 Å². The highest BCUT2D eigenvalue weighted by Crippen LogP contribution is 2.32. The van der Waals surface area contributed by atoms with Crippen molar-refractivity contribution in [1.29, 1.82) is 0 Å². The minimum Gasteiger partial charge on any atom is -0.465 e. The summed E-state index contributed by atoms with van der Waals surface area (Å²) in [5.74, 6) is 0.377. The summed E-state index contributed by atoms with van der Waals surface area (Å²) in [5, 5.41) is 10.0. The number of rotatable bonds is 6. The first-order valence-corrected chi connectivity index (χ1v) is 12.8. The molecule has 1 aliphatic heterocycles. The van der Waals surface area contributed by atoms with Crippen LogP contribution < -0.4 is 0 Å². The van der Waals surface area contributed by atoms with Crippen molar-refractivity contribution in [2.24, 2.45) is 0 Å². The minimum absolute atomic E-state index is 0.0114. The van der Waals surface area contributed by atoms with Crippen LogP contribution in [0.4, 0.5) is 0 Å². The number of methoxy groups -OCH3 is 1. The van der Waals surface area contributed by atoms with E-state index in [4.69, 9.17) is 4.74 Å². The third-order valence-corrected chi connectivity index (χ3v) is 8.86. The summed E-state index contributed by atoms with van der Waals surface area (Å²) >= 11 is 1.07. The van der Waals surface area contributed by atoms with E-state index in [-0.39, 0.29) is 15.7 Å². The van der Waals surface area contributed by atoms with Crippen molar-refractivity contribution < 1.29 is 17.9 Å². The Balaban J connectivity index is 1.31. The summed E-state index contributed by atoms with van der Waals surface area (Å²) in [7, 11) is -2.53. The minimum atomic E-state index is -3.78. The molecular weight excluding hydrogens is 464 g/mol. The Hall–Kier alpha value is -3.09. The number of hydrogen-bond acceptors (Lipinski definition) is 8. The molecule has 4 heterocycles. The molecule has 0 bridgehead atoms. The lowest BCUT2D eigenvalue weighted by Gasteiger charge is -2.31. The van der Waals surface area contributed by atoms with Crippen LogP contribution in [0.25, 0.3) is 11.0 Å². The number of carbonyl (C=O) groups is 1. The number of ether oxygens (including phenoxy) is 1. The number of carbonyl (C=O) groups excluding carboxylic acids is 1. The van der Waals surface area contributed by atoms with Crippen molar-refractivity contribution in [1.82, 2.24) is 28.9 Å². The summed E-state index contributed by atoms with van der Waals surface area (Å²) in [5.41, 5.74) is 1.77. The number of nitrogens with zero attached hydrogens (tertiary/aromatic N) is 6. The monoisotopic (exact) mass is 486 g/mol. The van der Waals surface area contributed by atoms with Crippen LogP contribution in [0, 0.1) is 0 Å². The summed E-state index contributed by atoms with van der Waals surface area (Å²) in [6, 6.07) is 9.24. The van der Waals surface area contributed by atoms with Gasteiger partial charge in [-0.05, 0) is 36.4 Å². The van der Waals surface area contributed by atoms with E-state index in [0.29, 0.717) is 32.6 Å². The lowest BCUT2D eigenvalue weighted by atomic mass is 9.97. The number of imidazole rings is 1. The smallest absolute Gasteiger partial charge is 0.349 e. The van der Waals surface area contributed by atoms with Crippen molar-refractivity contribution in [3.63, 3.8) is 0 Å². The second-order valence-corrected chi connectivity index (χ2v) is 10.6. The average molecular weight is 487 g/mol. The number of piperidine rings is 1. The van der Waals surface area contributed by atoms with E-state index in [1.54, 1.807) is 11.6 Å². The van der Waals surface area contributed by atoms with Crippen LogP contribution >= 0.6 is 11.3 Å². The number of aromatic nitrogens is 5. The van der Waals surface area contributed by atoms with Gasteiger partial charge in [0.25, 0.3) is 0 Å². The molecule has 0 aliphatic carbocycles. The van der Waals surface area contributed by atoms with Crippen molar-refractivity contribution in [3.8, 4) is 0 Å². The van der Waals surface area contributed by atoms with E-state index in [2.05, 4.69) is 15.3 Å². The summed E-state index contributed by atoms with van der Waals surface area (Å²) in [4.78, 5) is 16.6. The molecule has 0 N–H and O–H groups in total. The second kappa shape index (κ2) is 8.69. The highest BCUT2D eigenvalue weighted by molar-refractivity contribution is 7.89. The summed E-state index contributed by atoms with van der Waals surface area (Å²) < 4.78 is 36.4. The van der Waals surface area contributed by atoms with Gasteiger partial charge in [-0.25, -0.2) is 22.9 Å². The van der Waals surface area contributed by atoms with Gasteiger partial charge in [0.05, 0.1) is 12.6 Å². The van der Waals surface area contributed by atoms with Crippen LogP contribution in [-0.4, -0.2) is 63.4 Å². The van der Waals surface area contributed by atoms with Gasteiger partial charge >= 0.3 is 5.97 Å². The van der Waals surface area contributed by atoms with Gasteiger partial charge < -0.3 is 9.30 Å². The van der Waals surface area contributed by atoms with Gasteiger partial charge in [0.1, 0.15) is 27.8 Å². The molecular formula is C21H22N6O4S2. The van der Waals surface area contributed by atoms with Gasteiger partial charge in [-0.15, -0.1) is 16.4 Å². The fraction of sp³-hybridized carbons (Fsp3) is 0.333. The van der Waals surface area contributed by atoms with Crippen molar-refractivity contribution in [2.45, 2.75) is 30.3 Å². The molecule has 4 aromatic rings. The van der Waals surface area contributed by atoms with Crippen LogP contribution in [0.5, 0.6) is 0 Å². The number of esters is 1. The maximum atomic E-state index is 13.2. The Morgan fingerprint density at radius 1 is 1.21 bits per heavy atom. The van der Waals surface area contributed by atoms with Gasteiger partial charge in [-0.3, -0.25) is 0 Å². The molecule has 10 nitrogen and oxygen atoms in total. The van der Waals surface area contributed by atoms with E-state index in [1.165, 1.54) is 17.5 Å². The fourth-order valence-corrected chi connectivity index (χ4v) is 6.98. The number of thiophene rings is 1. The van der Waals surface area contributed by atoms with E-state index in [1.807, 2.05) is 39.7 Å². The number of benzene rings is 1. The molecule has 0 spiro atoms. The standard InChI is InChI=1S/C21H22N6O4S2/c1-31-21(28)19-18(8-13-32-19)33(29,30)26-10-6-15(7-11-26)20-22-9-12-25(20)14-27-17-5-3-2-4-16(17)23-24-27/h2-5,8-9,12-13,15H,6-7,10-11,14H2,1H3. The summed E-state index contributed by atoms with van der Waals surface area (Å²) in [6.07, 6.45) is 4.92. The largest absolute Gasteiger partial charge is 0.465 e. The van der Waals surface area contributed by atoms with Crippen molar-refractivity contribution in [3.05, 3.63) is 58.8 Å². The Morgan fingerprint density at radius 2 is 2.00 bits per heavy atom. The summed E-state index contributed by atoms with van der Waals surface area (Å²) in [6.45, 7) is 1.18. The van der Waals surface area contributed by atoms with Gasteiger partial charge in [0, 0.05) is 31.4 Å². The zero-order valence-corrected chi connectivity index (χ0v) is 19.5. The zero-order chi connectivity index (χ0) is 23.0. The third-order valence-electron chi connectivity index (χ3n) is 5.89. The molecule has 1 saturated heterocycles. The Bertz CT molecular complexity index is 1400. The molecule has 3 aromatic heterocycles. The van der Waals surface area contributed by atoms with E-state index >= 15 is 0 Å². The second-order valence-electron chi connectivity index (χ2n) is 7.76. The normalized spacial score (nSPS) is 15.8. The maximum absolute atomic E-state index is 13.2. The molecule has 172 valence electrons. The van der Waals surface area contributed by atoms with E-state index < -0.39 is 16.0 Å². The molecule has 1 fully saturated rings. The first-order valence-electron chi connectivity index (χ1n) is 10.4. The zero-order valence-electron chi connectivity index (χ0n) is 17.9. The van der Waals surface area contributed by atoms with Crippen LogP contribution in [-0.2, 0) is 21.4 Å². The highest BCUT2D eigenvalue weighted by atomic mass is 32.2. The molecule has 0 amide bonds. The van der Waals surface area contributed by atoms with E-state index in [9.17, 15) is 13.2 Å². The molecule has 1 aromatic carbocycles. The van der Waals surface area contributed by atoms with Gasteiger partial charge in [-0.2, -0.15) is 4.31 Å². The fourth-order valence-electron chi connectivity index (χ4n) is 4.20. The number of sulfonamides is 1. The average Bonchev–Trinajstić information content (AvgIpc) is 3.59. The SMILES string of the molecule is COC(=O)c1sccc1S(=O)(=O)N1CCC(c2nccn2Cn2nnc3ccccc32)CC1. The molecule has 33 heavy (non-hydrogen) atoms. The lowest BCUT2D eigenvalue weighted by molar-refractivity contribution is 0.0602. The number of hydrogen-bond donors (Lipinski definition) is 0. The quantitative estimate of drug-likeness (QED) is 0.385. The van der Waals surface area contributed by atoms with E-state index in [0.717, 1.165) is 28.2 Å². The van der Waals surface area contributed by atoms with Gasteiger partial charge in [-0.1, -0.05) is 17.3 Å². The van der Waals surface area contributed by atoms with Crippen molar-refractivity contribution in [2.75, 3.05) is 20.2 Å². The van der Waals surface area contributed by atoms with Crippen molar-refractivity contribution >= 4 is 38.4 Å². The molecule has 1 aliphatic rings. The van der Waals surface area contributed by atoms with Gasteiger partial charge in [0.2, 0.25) is 10.0 Å². The number of fused-ring (bicyclic) bond motifs is 1. The Labute approximate surface area is 194 Å². The molecule has 0 radical (unpaired) electrons. The topological polar surface area (TPSA) is 112 Å². The lowest BCUT2D eigenvalue weighted by Crippen LogP contribution is -2.38. The first kappa shape index (κ1) is 21.7. The molecule has 0 atom stereocenters. The maximum Gasteiger partial charge on any atom is 0.349 e. The molecule has 0 unspecified atom stereocenters. The van der Waals surface area contributed by atoms with Crippen LogP contribution in [0.1, 0.15) is 34.3 Å². The predicted octanol–water partition coefficient (Wildman–Crippen LogP) is 2.55. The number of para-hydroxylation sites is 1. The molecule has 12 heteroatoms. The van der Waals surface area contributed by atoms with Crippen LogP contribution in [0.2, 0.25) is 0 Å². The van der Waals surface area contributed by atoms with Gasteiger partial charge in [0.15, 0.2) is 0 Å².